The second-order valence-electron chi connectivity index (χ2n) is 4.15. The van der Waals surface area contributed by atoms with Crippen molar-refractivity contribution in [3.63, 3.8) is 0 Å². The first-order valence-corrected chi connectivity index (χ1v) is 6.30. The summed E-state index contributed by atoms with van der Waals surface area (Å²) < 4.78 is 0. The zero-order chi connectivity index (χ0) is 10.6. The van der Waals surface area contributed by atoms with E-state index in [9.17, 15) is 0 Å². The van der Waals surface area contributed by atoms with Crippen LogP contribution in [-0.2, 0) is 6.42 Å². The van der Waals surface area contributed by atoms with Gasteiger partial charge in [-0.2, -0.15) is 11.3 Å². The zero-order valence-electron chi connectivity index (χ0n) is 9.01. The molecule has 1 atom stereocenters. The minimum atomic E-state index is 0.0115. The van der Waals surface area contributed by atoms with Gasteiger partial charge in [-0.05, 0) is 56.1 Å². The summed E-state index contributed by atoms with van der Waals surface area (Å²) in [4.78, 5) is 0. The maximum absolute atomic E-state index is 6.07. The lowest BCUT2D eigenvalue weighted by atomic mass is 10.0. The Kier molecular flexibility index (Phi) is 4.42. The van der Waals surface area contributed by atoms with E-state index in [2.05, 4.69) is 36.0 Å². The summed E-state index contributed by atoms with van der Waals surface area (Å²) in [6.45, 7) is 7.29. The van der Waals surface area contributed by atoms with Crippen LogP contribution in [0.15, 0.2) is 16.8 Å². The van der Waals surface area contributed by atoms with Crippen LogP contribution < -0.4 is 5.32 Å². The van der Waals surface area contributed by atoms with E-state index < -0.39 is 0 Å². The fraction of sp³-hybridized carbons (Fsp3) is 0.636. The Morgan fingerprint density at radius 3 is 2.79 bits per heavy atom. The standard InChI is InChI=1S/C11H18ClNS/c1-9(12)11(2,3)13-6-4-10-5-7-14-8-10/h5,7-9,13H,4,6H2,1-3H3. The summed E-state index contributed by atoms with van der Waals surface area (Å²) in [5.41, 5.74) is 1.41. The SMILES string of the molecule is CC(Cl)C(C)(C)NCCc1ccsc1. The first kappa shape index (κ1) is 12.0. The van der Waals surface area contributed by atoms with Crippen molar-refractivity contribution in [3.05, 3.63) is 22.4 Å². The average Bonchev–Trinajstić information content (AvgIpc) is 2.56. The Bertz CT molecular complexity index is 254. The second kappa shape index (κ2) is 5.15. The van der Waals surface area contributed by atoms with Crippen molar-refractivity contribution in [1.29, 1.82) is 0 Å². The minimum Gasteiger partial charge on any atom is -0.310 e. The van der Waals surface area contributed by atoms with Crippen LogP contribution in [0, 0.1) is 0 Å². The molecule has 0 saturated carbocycles. The maximum Gasteiger partial charge on any atom is 0.0484 e. The van der Waals surface area contributed by atoms with E-state index in [0.29, 0.717) is 0 Å². The van der Waals surface area contributed by atoms with Gasteiger partial charge in [-0.3, -0.25) is 0 Å². The zero-order valence-corrected chi connectivity index (χ0v) is 10.6. The molecular formula is C11H18ClNS. The van der Waals surface area contributed by atoms with Crippen molar-refractivity contribution in [2.45, 2.75) is 38.1 Å². The molecule has 1 aromatic rings. The number of hydrogen-bond donors (Lipinski definition) is 1. The number of alkyl halides is 1. The van der Waals surface area contributed by atoms with Crippen LogP contribution in [-0.4, -0.2) is 17.5 Å². The Morgan fingerprint density at radius 2 is 2.29 bits per heavy atom. The Morgan fingerprint density at radius 1 is 1.57 bits per heavy atom. The number of rotatable bonds is 5. The highest BCUT2D eigenvalue weighted by molar-refractivity contribution is 7.07. The highest BCUT2D eigenvalue weighted by Gasteiger charge is 2.22. The molecule has 0 fully saturated rings. The summed E-state index contributed by atoms with van der Waals surface area (Å²) in [7, 11) is 0. The van der Waals surface area contributed by atoms with Gasteiger partial charge in [-0.25, -0.2) is 0 Å². The number of thiophene rings is 1. The molecule has 0 spiro atoms. The Labute approximate surface area is 95.5 Å². The molecule has 0 aromatic carbocycles. The van der Waals surface area contributed by atoms with Crippen molar-refractivity contribution in [2.24, 2.45) is 0 Å². The predicted octanol–water partition coefficient (Wildman–Crippen LogP) is 3.29. The van der Waals surface area contributed by atoms with Gasteiger partial charge in [0.2, 0.25) is 0 Å². The molecule has 0 amide bonds. The molecule has 80 valence electrons. The topological polar surface area (TPSA) is 12.0 Å². The van der Waals surface area contributed by atoms with E-state index in [-0.39, 0.29) is 10.9 Å². The number of halogens is 1. The molecule has 1 nitrogen and oxygen atoms in total. The Hall–Kier alpha value is -0.0500. The smallest absolute Gasteiger partial charge is 0.0484 e. The third kappa shape index (κ3) is 3.60. The highest BCUT2D eigenvalue weighted by Crippen LogP contribution is 2.14. The van der Waals surface area contributed by atoms with Crippen molar-refractivity contribution in [2.75, 3.05) is 6.54 Å². The highest BCUT2D eigenvalue weighted by atomic mass is 35.5. The van der Waals surface area contributed by atoms with Gasteiger partial charge in [0.05, 0.1) is 0 Å². The molecule has 0 aliphatic carbocycles. The summed E-state index contributed by atoms with van der Waals surface area (Å²) in [5.74, 6) is 0. The fourth-order valence-electron chi connectivity index (χ4n) is 1.10. The molecule has 0 radical (unpaired) electrons. The van der Waals surface area contributed by atoms with Gasteiger partial charge in [-0.15, -0.1) is 11.6 Å². The van der Waals surface area contributed by atoms with E-state index in [0.717, 1.165) is 13.0 Å². The third-order valence-corrected chi connectivity index (χ3v) is 3.85. The molecule has 1 unspecified atom stereocenters. The lowest BCUT2D eigenvalue weighted by molar-refractivity contribution is 0.385. The number of hydrogen-bond acceptors (Lipinski definition) is 2. The lowest BCUT2D eigenvalue weighted by Gasteiger charge is -2.29. The molecule has 3 heteroatoms. The van der Waals surface area contributed by atoms with Gasteiger partial charge in [0.1, 0.15) is 0 Å². The van der Waals surface area contributed by atoms with Crippen LogP contribution in [0.3, 0.4) is 0 Å². The average molecular weight is 232 g/mol. The molecule has 0 aliphatic heterocycles. The van der Waals surface area contributed by atoms with E-state index >= 15 is 0 Å². The van der Waals surface area contributed by atoms with Crippen molar-refractivity contribution >= 4 is 22.9 Å². The van der Waals surface area contributed by atoms with Crippen molar-refractivity contribution in [3.8, 4) is 0 Å². The van der Waals surface area contributed by atoms with Gasteiger partial charge in [0, 0.05) is 10.9 Å². The summed E-state index contributed by atoms with van der Waals surface area (Å²) in [6, 6.07) is 2.17. The van der Waals surface area contributed by atoms with Crippen molar-refractivity contribution < 1.29 is 0 Å². The van der Waals surface area contributed by atoms with Crippen LogP contribution >= 0.6 is 22.9 Å². The largest absolute Gasteiger partial charge is 0.310 e. The molecule has 1 rings (SSSR count). The van der Waals surface area contributed by atoms with E-state index in [1.165, 1.54) is 5.56 Å². The van der Waals surface area contributed by atoms with E-state index in [1.807, 2.05) is 6.92 Å². The summed E-state index contributed by atoms with van der Waals surface area (Å²) >= 11 is 7.82. The van der Waals surface area contributed by atoms with E-state index in [1.54, 1.807) is 11.3 Å². The van der Waals surface area contributed by atoms with Crippen LogP contribution in [0.4, 0.5) is 0 Å². The van der Waals surface area contributed by atoms with Crippen molar-refractivity contribution in [1.82, 2.24) is 5.32 Å². The first-order valence-electron chi connectivity index (χ1n) is 4.92. The minimum absolute atomic E-state index is 0.0115. The molecule has 0 saturated heterocycles. The first-order chi connectivity index (χ1) is 6.52. The summed E-state index contributed by atoms with van der Waals surface area (Å²) in [5, 5.41) is 7.92. The third-order valence-electron chi connectivity index (χ3n) is 2.57. The van der Waals surface area contributed by atoms with Crippen LogP contribution in [0.2, 0.25) is 0 Å². The summed E-state index contributed by atoms with van der Waals surface area (Å²) in [6.07, 6.45) is 1.08. The Balaban J connectivity index is 2.28. The lowest BCUT2D eigenvalue weighted by Crippen LogP contribution is -2.46. The van der Waals surface area contributed by atoms with Gasteiger partial charge >= 0.3 is 0 Å². The predicted molar refractivity (Wildman–Crippen MR) is 65.4 cm³/mol. The molecule has 1 N–H and O–H groups in total. The van der Waals surface area contributed by atoms with Gasteiger partial charge in [0.25, 0.3) is 0 Å². The van der Waals surface area contributed by atoms with Crippen LogP contribution in [0.1, 0.15) is 26.3 Å². The second-order valence-corrected chi connectivity index (χ2v) is 5.58. The normalized spacial score (nSPS) is 14.3. The molecular weight excluding hydrogens is 214 g/mol. The van der Waals surface area contributed by atoms with Crippen LogP contribution in [0.5, 0.6) is 0 Å². The molecule has 1 aromatic heterocycles. The number of nitrogens with one attached hydrogen (secondary N) is 1. The maximum atomic E-state index is 6.07. The quantitative estimate of drug-likeness (QED) is 0.767. The fourth-order valence-corrected chi connectivity index (χ4v) is 1.88. The molecule has 14 heavy (non-hydrogen) atoms. The van der Waals surface area contributed by atoms with Gasteiger partial charge < -0.3 is 5.32 Å². The molecule has 0 bridgehead atoms. The van der Waals surface area contributed by atoms with E-state index in [4.69, 9.17) is 11.6 Å². The molecule has 0 aliphatic rings. The van der Waals surface area contributed by atoms with Crippen LogP contribution in [0.25, 0.3) is 0 Å². The molecule has 1 heterocycles. The van der Waals surface area contributed by atoms with Gasteiger partial charge in [-0.1, -0.05) is 0 Å². The van der Waals surface area contributed by atoms with Gasteiger partial charge in [0.15, 0.2) is 0 Å². The monoisotopic (exact) mass is 231 g/mol.